The summed E-state index contributed by atoms with van der Waals surface area (Å²) in [7, 11) is 0. The molecule has 2 aromatic carbocycles. The van der Waals surface area contributed by atoms with Crippen molar-refractivity contribution in [2.45, 2.75) is 6.54 Å². The SMILES string of the molecule is O=[N+]([O-])c1ccc(NCCO)c(NCc2ccccc2)c1. The first-order valence-electron chi connectivity index (χ1n) is 6.61. The molecule has 21 heavy (non-hydrogen) atoms. The summed E-state index contributed by atoms with van der Waals surface area (Å²) in [6.07, 6.45) is 0. The minimum atomic E-state index is -0.427. The lowest BCUT2D eigenvalue weighted by molar-refractivity contribution is -0.384. The third-order valence-corrected chi connectivity index (χ3v) is 2.97. The molecular formula is C15H17N3O3. The van der Waals surface area contributed by atoms with Gasteiger partial charge < -0.3 is 15.7 Å². The Labute approximate surface area is 122 Å². The van der Waals surface area contributed by atoms with Crippen LogP contribution in [0.4, 0.5) is 17.1 Å². The second kappa shape index (κ2) is 7.25. The van der Waals surface area contributed by atoms with Crippen LogP contribution in [0, 0.1) is 10.1 Å². The highest BCUT2D eigenvalue weighted by atomic mass is 16.6. The number of aliphatic hydroxyl groups is 1. The van der Waals surface area contributed by atoms with Gasteiger partial charge in [0, 0.05) is 25.2 Å². The summed E-state index contributed by atoms with van der Waals surface area (Å²) in [5, 5.41) is 26.0. The maximum atomic E-state index is 10.9. The second-order valence-electron chi connectivity index (χ2n) is 4.48. The largest absolute Gasteiger partial charge is 0.395 e. The highest BCUT2D eigenvalue weighted by Gasteiger charge is 2.10. The van der Waals surface area contributed by atoms with E-state index in [0.29, 0.717) is 18.8 Å². The molecule has 0 fully saturated rings. The van der Waals surface area contributed by atoms with Crippen molar-refractivity contribution in [2.75, 3.05) is 23.8 Å². The van der Waals surface area contributed by atoms with Gasteiger partial charge in [-0.2, -0.15) is 0 Å². The van der Waals surface area contributed by atoms with Crippen LogP contribution in [-0.2, 0) is 6.54 Å². The van der Waals surface area contributed by atoms with E-state index in [1.54, 1.807) is 6.07 Å². The predicted octanol–water partition coefficient (Wildman–Crippen LogP) is 2.61. The summed E-state index contributed by atoms with van der Waals surface area (Å²) in [4.78, 5) is 10.4. The molecule has 110 valence electrons. The predicted molar refractivity (Wildman–Crippen MR) is 82.4 cm³/mol. The van der Waals surface area contributed by atoms with Crippen LogP contribution in [0.5, 0.6) is 0 Å². The van der Waals surface area contributed by atoms with Crippen molar-refractivity contribution >= 4 is 17.1 Å². The van der Waals surface area contributed by atoms with Crippen LogP contribution in [0.3, 0.4) is 0 Å². The number of nitro benzene ring substituents is 1. The minimum Gasteiger partial charge on any atom is -0.395 e. The van der Waals surface area contributed by atoms with E-state index in [2.05, 4.69) is 10.6 Å². The van der Waals surface area contributed by atoms with Crippen LogP contribution in [0.1, 0.15) is 5.56 Å². The molecule has 0 spiro atoms. The quantitative estimate of drug-likeness (QED) is 0.538. The van der Waals surface area contributed by atoms with Crippen LogP contribution in [-0.4, -0.2) is 23.2 Å². The molecule has 6 heteroatoms. The molecule has 3 N–H and O–H groups in total. The molecule has 2 aromatic rings. The van der Waals surface area contributed by atoms with Crippen LogP contribution in [0.15, 0.2) is 48.5 Å². The molecule has 0 radical (unpaired) electrons. The highest BCUT2D eigenvalue weighted by Crippen LogP contribution is 2.27. The van der Waals surface area contributed by atoms with Crippen molar-refractivity contribution in [1.29, 1.82) is 0 Å². The van der Waals surface area contributed by atoms with Crippen LogP contribution in [0.25, 0.3) is 0 Å². The summed E-state index contributed by atoms with van der Waals surface area (Å²) in [6.45, 7) is 0.947. The molecule has 0 saturated heterocycles. The maximum Gasteiger partial charge on any atom is 0.271 e. The van der Waals surface area contributed by atoms with E-state index in [4.69, 9.17) is 5.11 Å². The summed E-state index contributed by atoms with van der Waals surface area (Å²) < 4.78 is 0. The van der Waals surface area contributed by atoms with Gasteiger partial charge in [0.15, 0.2) is 0 Å². The molecular weight excluding hydrogens is 270 g/mol. The van der Waals surface area contributed by atoms with E-state index in [0.717, 1.165) is 11.3 Å². The molecule has 0 aliphatic rings. The van der Waals surface area contributed by atoms with Gasteiger partial charge in [-0.3, -0.25) is 10.1 Å². The number of rotatable bonds is 7. The molecule has 0 saturated carbocycles. The molecule has 0 amide bonds. The first-order chi connectivity index (χ1) is 10.2. The van der Waals surface area contributed by atoms with Crippen LogP contribution < -0.4 is 10.6 Å². The minimum absolute atomic E-state index is 0.00485. The Balaban J connectivity index is 2.17. The zero-order valence-electron chi connectivity index (χ0n) is 11.5. The Morgan fingerprint density at radius 2 is 1.81 bits per heavy atom. The van der Waals surface area contributed by atoms with Crippen molar-refractivity contribution in [1.82, 2.24) is 0 Å². The summed E-state index contributed by atoms with van der Waals surface area (Å²) in [6, 6.07) is 14.3. The molecule has 0 unspecified atom stereocenters. The van der Waals surface area contributed by atoms with E-state index in [1.807, 2.05) is 30.3 Å². The average molecular weight is 287 g/mol. The molecule has 0 heterocycles. The van der Waals surface area contributed by atoms with Crippen molar-refractivity contribution in [3.63, 3.8) is 0 Å². The zero-order chi connectivity index (χ0) is 15.1. The third-order valence-electron chi connectivity index (χ3n) is 2.97. The Morgan fingerprint density at radius 1 is 1.05 bits per heavy atom. The number of hydrogen-bond acceptors (Lipinski definition) is 5. The van der Waals surface area contributed by atoms with Gasteiger partial charge in [-0.05, 0) is 11.6 Å². The van der Waals surface area contributed by atoms with E-state index in [-0.39, 0.29) is 12.3 Å². The van der Waals surface area contributed by atoms with E-state index < -0.39 is 4.92 Å². The molecule has 0 atom stereocenters. The summed E-state index contributed by atoms with van der Waals surface area (Å²) in [5.41, 5.74) is 2.48. The molecule has 0 aromatic heterocycles. The van der Waals surface area contributed by atoms with Gasteiger partial charge in [0.1, 0.15) is 0 Å². The Hall–Kier alpha value is -2.60. The van der Waals surface area contributed by atoms with Gasteiger partial charge in [-0.25, -0.2) is 0 Å². The number of hydrogen-bond donors (Lipinski definition) is 3. The van der Waals surface area contributed by atoms with E-state index >= 15 is 0 Å². The lowest BCUT2D eigenvalue weighted by atomic mass is 10.2. The normalized spacial score (nSPS) is 10.1. The van der Waals surface area contributed by atoms with Crippen molar-refractivity contribution in [3.05, 3.63) is 64.2 Å². The number of aliphatic hydroxyl groups excluding tert-OH is 1. The highest BCUT2D eigenvalue weighted by molar-refractivity contribution is 5.72. The Bertz CT molecular complexity index is 602. The molecule has 0 aliphatic carbocycles. The topological polar surface area (TPSA) is 87.4 Å². The fourth-order valence-electron chi connectivity index (χ4n) is 1.93. The standard InChI is InChI=1S/C15H17N3O3/c19-9-8-16-14-7-6-13(18(20)21)10-15(14)17-11-12-4-2-1-3-5-12/h1-7,10,16-17,19H,8-9,11H2. The number of nitrogens with one attached hydrogen (secondary N) is 2. The van der Waals surface area contributed by atoms with Crippen molar-refractivity contribution in [3.8, 4) is 0 Å². The molecule has 2 rings (SSSR count). The number of anilines is 2. The van der Waals surface area contributed by atoms with Crippen molar-refractivity contribution < 1.29 is 10.0 Å². The lowest BCUT2D eigenvalue weighted by Crippen LogP contribution is -2.09. The first kappa shape index (κ1) is 14.8. The number of nitrogens with zero attached hydrogens (tertiary/aromatic N) is 1. The maximum absolute atomic E-state index is 10.9. The molecule has 0 bridgehead atoms. The van der Waals surface area contributed by atoms with Crippen LogP contribution >= 0.6 is 0 Å². The lowest BCUT2D eigenvalue weighted by Gasteiger charge is -2.13. The summed E-state index contributed by atoms with van der Waals surface area (Å²) in [5.74, 6) is 0. The Morgan fingerprint density at radius 3 is 2.48 bits per heavy atom. The monoisotopic (exact) mass is 287 g/mol. The van der Waals surface area contributed by atoms with Crippen molar-refractivity contribution in [2.24, 2.45) is 0 Å². The number of nitro groups is 1. The van der Waals surface area contributed by atoms with Gasteiger partial charge in [0.05, 0.1) is 22.9 Å². The van der Waals surface area contributed by atoms with E-state index in [1.165, 1.54) is 12.1 Å². The molecule has 0 aliphatic heterocycles. The number of non-ortho nitro benzene ring substituents is 1. The van der Waals surface area contributed by atoms with E-state index in [9.17, 15) is 10.1 Å². The van der Waals surface area contributed by atoms with Gasteiger partial charge in [0.2, 0.25) is 0 Å². The smallest absolute Gasteiger partial charge is 0.271 e. The van der Waals surface area contributed by atoms with Gasteiger partial charge >= 0.3 is 0 Å². The fraction of sp³-hybridized carbons (Fsp3) is 0.200. The summed E-state index contributed by atoms with van der Waals surface area (Å²) >= 11 is 0. The van der Waals surface area contributed by atoms with Gasteiger partial charge in [-0.1, -0.05) is 30.3 Å². The van der Waals surface area contributed by atoms with Gasteiger partial charge in [-0.15, -0.1) is 0 Å². The zero-order valence-corrected chi connectivity index (χ0v) is 11.5. The van der Waals surface area contributed by atoms with Crippen LogP contribution in [0.2, 0.25) is 0 Å². The third kappa shape index (κ3) is 4.19. The molecule has 6 nitrogen and oxygen atoms in total. The average Bonchev–Trinajstić information content (AvgIpc) is 2.52. The fourth-order valence-corrected chi connectivity index (χ4v) is 1.93. The van der Waals surface area contributed by atoms with Gasteiger partial charge in [0.25, 0.3) is 5.69 Å². The number of benzene rings is 2. The first-order valence-corrected chi connectivity index (χ1v) is 6.61. The Kier molecular flexibility index (Phi) is 5.11. The second-order valence-corrected chi connectivity index (χ2v) is 4.48.